The van der Waals surface area contributed by atoms with Gasteiger partial charge in [-0.05, 0) is 23.9 Å². The predicted molar refractivity (Wildman–Crippen MR) is 104 cm³/mol. The molecule has 2 atom stereocenters. The van der Waals surface area contributed by atoms with Crippen LogP contribution in [-0.4, -0.2) is 70.7 Å². The van der Waals surface area contributed by atoms with Crippen LogP contribution < -0.4 is 5.73 Å². The van der Waals surface area contributed by atoms with Gasteiger partial charge in [0.1, 0.15) is 0 Å². The molecule has 0 unspecified atom stereocenters. The van der Waals surface area contributed by atoms with Gasteiger partial charge in [-0.2, -0.15) is 0 Å². The Labute approximate surface area is 154 Å². The van der Waals surface area contributed by atoms with Crippen LogP contribution in [0.2, 0.25) is 0 Å². The van der Waals surface area contributed by atoms with Crippen molar-refractivity contribution in [1.29, 1.82) is 0 Å². The van der Waals surface area contributed by atoms with Crippen molar-refractivity contribution in [2.24, 2.45) is 5.73 Å². The number of benzene rings is 1. The summed E-state index contributed by atoms with van der Waals surface area (Å²) >= 11 is 0. The van der Waals surface area contributed by atoms with E-state index in [0.717, 1.165) is 26.1 Å². The smallest absolute Gasteiger partial charge is 0.240 e. The number of hydrogen-bond acceptors (Lipinski definition) is 4. The van der Waals surface area contributed by atoms with Gasteiger partial charge in [0.05, 0.1) is 6.04 Å². The molecule has 2 N–H and O–H groups in total. The topological polar surface area (TPSA) is 66.6 Å². The summed E-state index contributed by atoms with van der Waals surface area (Å²) in [6, 6.07) is 9.97. The third-order valence-electron chi connectivity index (χ3n) is 5.02. The first-order valence-electron chi connectivity index (χ1n) is 8.92. The van der Waals surface area contributed by atoms with Gasteiger partial charge in [0, 0.05) is 49.0 Å². The fourth-order valence-corrected chi connectivity index (χ4v) is 3.87. The molecular formula is C19H31N3O2S. The maximum Gasteiger partial charge on any atom is 0.240 e. The van der Waals surface area contributed by atoms with Crippen molar-refractivity contribution in [2.45, 2.75) is 31.7 Å². The molecule has 0 aliphatic carbocycles. The highest BCUT2D eigenvalue weighted by molar-refractivity contribution is 7.84. The van der Waals surface area contributed by atoms with Crippen LogP contribution in [0.15, 0.2) is 30.3 Å². The molecule has 6 heteroatoms. The number of carbonyl (C=O) groups is 1. The van der Waals surface area contributed by atoms with Crippen LogP contribution in [0.4, 0.5) is 0 Å². The van der Waals surface area contributed by atoms with Gasteiger partial charge in [0.2, 0.25) is 5.91 Å². The van der Waals surface area contributed by atoms with Crippen LogP contribution in [0, 0.1) is 0 Å². The largest absolute Gasteiger partial charge is 0.339 e. The Morgan fingerprint density at radius 3 is 2.36 bits per heavy atom. The third kappa shape index (κ3) is 5.90. The summed E-state index contributed by atoms with van der Waals surface area (Å²) in [4.78, 5) is 16.5. The second kappa shape index (κ2) is 8.92. The molecule has 1 aromatic carbocycles. The van der Waals surface area contributed by atoms with E-state index >= 15 is 0 Å². The molecule has 1 aliphatic rings. The van der Waals surface area contributed by atoms with Gasteiger partial charge in [-0.1, -0.05) is 44.2 Å². The second-order valence-corrected chi connectivity index (χ2v) is 8.99. The van der Waals surface area contributed by atoms with Crippen molar-refractivity contribution < 1.29 is 9.00 Å². The zero-order valence-electron chi connectivity index (χ0n) is 15.6. The fraction of sp³-hybridized carbons (Fsp3) is 0.632. The lowest BCUT2D eigenvalue weighted by atomic mass is 9.81. The summed E-state index contributed by atoms with van der Waals surface area (Å²) in [5, 5.41) is 0. The van der Waals surface area contributed by atoms with E-state index in [4.69, 9.17) is 5.73 Å². The first-order valence-corrected chi connectivity index (χ1v) is 10.6. The average Bonchev–Trinajstić information content (AvgIpc) is 2.60. The summed E-state index contributed by atoms with van der Waals surface area (Å²) in [5.74, 6) is 0.170. The second-order valence-electron chi connectivity index (χ2n) is 7.51. The molecule has 25 heavy (non-hydrogen) atoms. The Bertz CT molecular complexity index is 584. The molecule has 1 saturated heterocycles. The Morgan fingerprint density at radius 2 is 1.80 bits per heavy atom. The lowest BCUT2D eigenvalue weighted by Gasteiger charge is -2.37. The number of carbonyl (C=O) groups excluding carboxylic acids is 1. The molecule has 1 amide bonds. The number of nitrogens with zero attached hydrogens (tertiary/aromatic N) is 2. The SMILES string of the molecule is C[S@@](=O)C[C@H](N)C(=O)N1CCN(CCC(C)(C)c2ccccc2)CC1. The van der Waals surface area contributed by atoms with E-state index in [1.54, 1.807) is 6.26 Å². The number of nitrogens with two attached hydrogens (primary N) is 1. The zero-order chi connectivity index (χ0) is 18.4. The summed E-state index contributed by atoms with van der Waals surface area (Å²) < 4.78 is 11.2. The summed E-state index contributed by atoms with van der Waals surface area (Å²) in [5.41, 5.74) is 7.37. The number of piperazine rings is 1. The highest BCUT2D eigenvalue weighted by Crippen LogP contribution is 2.27. The number of rotatable bonds is 7. The molecule has 0 spiro atoms. The molecule has 2 rings (SSSR count). The Morgan fingerprint density at radius 1 is 1.20 bits per heavy atom. The van der Waals surface area contributed by atoms with Gasteiger partial charge >= 0.3 is 0 Å². The van der Waals surface area contributed by atoms with Crippen LogP contribution >= 0.6 is 0 Å². The van der Waals surface area contributed by atoms with Crippen LogP contribution in [0.1, 0.15) is 25.8 Å². The molecule has 0 saturated carbocycles. The molecule has 1 heterocycles. The minimum atomic E-state index is -1.04. The summed E-state index contributed by atoms with van der Waals surface area (Å²) in [7, 11) is -1.04. The van der Waals surface area contributed by atoms with Crippen molar-refractivity contribution in [3.05, 3.63) is 35.9 Å². The first kappa shape index (κ1) is 20.1. The lowest BCUT2D eigenvalue weighted by Crippen LogP contribution is -2.54. The highest BCUT2D eigenvalue weighted by Gasteiger charge is 2.27. The van der Waals surface area contributed by atoms with Gasteiger partial charge in [-0.25, -0.2) is 0 Å². The summed E-state index contributed by atoms with van der Waals surface area (Å²) in [6.45, 7) is 8.74. The van der Waals surface area contributed by atoms with E-state index in [1.165, 1.54) is 5.56 Å². The monoisotopic (exact) mass is 365 g/mol. The van der Waals surface area contributed by atoms with Crippen molar-refractivity contribution >= 4 is 16.7 Å². The Hall–Kier alpha value is -1.24. The van der Waals surface area contributed by atoms with Crippen LogP contribution in [0.25, 0.3) is 0 Å². The highest BCUT2D eigenvalue weighted by atomic mass is 32.2. The Kier molecular flexibility index (Phi) is 7.16. The van der Waals surface area contributed by atoms with Crippen molar-refractivity contribution in [3.8, 4) is 0 Å². The van der Waals surface area contributed by atoms with Crippen molar-refractivity contribution in [2.75, 3.05) is 44.7 Å². The van der Waals surface area contributed by atoms with E-state index in [2.05, 4.69) is 49.1 Å². The van der Waals surface area contributed by atoms with E-state index in [9.17, 15) is 9.00 Å². The Balaban J connectivity index is 1.79. The van der Waals surface area contributed by atoms with E-state index < -0.39 is 16.8 Å². The van der Waals surface area contributed by atoms with Crippen LogP contribution in [0.5, 0.6) is 0 Å². The first-order chi connectivity index (χ1) is 11.8. The molecule has 0 aromatic heterocycles. The van der Waals surface area contributed by atoms with Gasteiger partial charge < -0.3 is 10.6 Å². The quantitative estimate of drug-likeness (QED) is 0.789. The zero-order valence-corrected chi connectivity index (χ0v) is 16.4. The fourth-order valence-electron chi connectivity index (χ4n) is 3.22. The minimum absolute atomic E-state index is 0.0699. The molecule has 5 nitrogen and oxygen atoms in total. The third-order valence-corrected chi connectivity index (χ3v) is 5.85. The molecule has 140 valence electrons. The van der Waals surface area contributed by atoms with E-state index in [0.29, 0.717) is 13.1 Å². The summed E-state index contributed by atoms with van der Waals surface area (Å²) in [6.07, 6.45) is 2.67. The molecule has 1 fully saturated rings. The molecule has 1 aliphatic heterocycles. The number of hydrogen-bond donors (Lipinski definition) is 1. The van der Waals surface area contributed by atoms with Gasteiger partial charge in [-0.3, -0.25) is 13.9 Å². The minimum Gasteiger partial charge on any atom is -0.339 e. The van der Waals surface area contributed by atoms with Gasteiger partial charge in [0.25, 0.3) is 0 Å². The molecule has 0 bridgehead atoms. The lowest BCUT2D eigenvalue weighted by molar-refractivity contribution is -0.133. The molecule has 1 aromatic rings. The van der Waals surface area contributed by atoms with E-state index in [-0.39, 0.29) is 17.1 Å². The predicted octanol–water partition coefficient (Wildman–Crippen LogP) is 1.20. The van der Waals surface area contributed by atoms with Crippen molar-refractivity contribution in [1.82, 2.24) is 9.80 Å². The van der Waals surface area contributed by atoms with E-state index in [1.807, 2.05) is 4.90 Å². The molecular weight excluding hydrogens is 334 g/mol. The van der Waals surface area contributed by atoms with Crippen LogP contribution in [0.3, 0.4) is 0 Å². The van der Waals surface area contributed by atoms with Crippen LogP contribution in [-0.2, 0) is 21.0 Å². The van der Waals surface area contributed by atoms with Gasteiger partial charge in [-0.15, -0.1) is 0 Å². The normalized spacial score (nSPS) is 18.8. The average molecular weight is 366 g/mol. The maximum atomic E-state index is 12.3. The molecule has 0 radical (unpaired) electrons. The number of amides is 1. The van der Waals surface area contributed by atoms with Gasteiger partial charge in [0.15, 0.2) is 0 Å². The van der Waals surface area contributed by atoms with Crippen molar-refractivity contribution in [3.63, 3.8) is 0 Å². The standard InChI is InChI=1S/C19H31N3O2S/c1-19(2,16-7-5-4-6-8-16)9-10-21-11-13-22(14-12-21)18(23)17(20)15-25(3)24/h4-8,17H,9-15,20H2,1-3H3/t17-,25+/m0/s1. The maximum absolute atomic E-state index is 12.3.